The van der Waals surface area contributed by atoms with Gasteiger partial charge in [-0.2, -0.15) is 0 Å². The molecule has 284 valence electrons. The van der Waals surface area contributed by atoms with Crippen molar-refractivity contribution in [3.8, 4) is 5.75 Å². The molecule has 0 radical (unpaired) electrons. The summed E-state index contributed by atoms with van der Waals surface area (Å²) >= 11 is 1.41. The maximum absolute atomic E-state index is 14.4. The van der Waals surface area contributed by atoms with Crippen molar-refractivity contribution in [1.29, 1.82) is 0 Å². The number of fused-ring (bicyclic) bond motifs is 2. The van der Waals surface area contributed by atoms with Gasteiger partial charge in [-0.15, -0.1) is 11.8 Å². The Balaban J connectivity index is 0.000000923. The smallest absolute Gasteiger partial charge is 0.167 e. The normalized spacial score (nSPS) is 20.8. The number of aromatic nitrogens is 4. The number of methoxy groups -OCH3 is 1. The average Bonchev–Trinajstić information content (AvgIpc) is 3.78. The molecule has 0 aliphatic carbocycles. The SMILES string of the molecule is CC.CC.CC.CCC.CCCCC(C)Nc1ncnc2c1ncn2C1O[C@H](CSc2ccccc2F)[C@H]2OCC(c3ccc(OC)cc3)O[C@@H]12. The minimum atomic E-state index is -0.549. The van der Waals surface area contributed by atoms with Crippen LogP contribution in [0, 0.1) is 5.82 Å². The Bertz CT molecular complexity index is 1510. The molecule has 1 N–H and O–H groups in total. The molecule has 6 atom stereocenters. The van der Waals surface area contributed by atoms with Crippen LogP contribution in [0.2, 0.25) is 0 Å². The number of nitrogens with zero attached hydrogens (tertiary/aromatic N) is 4. The van der Waals surface area contributed by atoms with Gasteiger partial charge in [0, 0.05) is 16.7 Å². The lowest BCUT2D eigenvalue weighted by Crippen LogP contribution is -2.44. The number of hydrogen-bond donors (Lipinski definition) is 1. The average molecular weight is 728 g/mol. The van der Waals surface area contributed by atoms with Crippen LogP contribution in [0.1, 0.15) is 113 Å². The van der Waals surface area contributed by atoms with Gasteiger partial charge >= 0.3 is 0 Å². The van der Waals surface area contributed by atoms with Crippen molar-refractivity contribution in [3.05, 3.63) is 72.6 Å². The number of unbranched alkanes of at least 4 members (excludes halogenated alkanes) is 1. The second-order valence-corrected chi connectivity index (χ2v) is 12.5. The van der Waals surface area contributed by atoms with Gasteiger partial charge in [0.15, 0.2) is 23.2 Å². The highest BCUT2D eigenvalue weighted by Crippen LogP contribution is 2.43. The Morgan fingerprint density at radius 2 is 1.63 bits per heavy atom. The lowest BCUT2D eigenvalue weighted by Gasteiger charge is -2.35. The molecule has 2 fully saturated rings. The first-order chi connectivity index (χ1) is 25.0. The Morgan fingerprint density at radius 3 is 2.27 bits per heavy atom. The molecule has 2 aromatic heterocycles. The standard InChI is InChI=1S/C31H36FN5O4S.C3H8.3C2H6/c1-4-5-8-19(2)36-29-26-30(34-17-33-29)37(18-35-26)31-28-27(24(41-31)16-42-25-10-7-6-9-22(25)32)39-15-23(40-28)20-11-13-21(38-3)14-12-20;1-3-2;3*1-2/h6-7,9-14,17-19,23-24,27-28,31H,4-5,8,15-16H2,1-3H3,(H,33,34,36);3H2,1-2H3;3*1-2H3/t19?,23?,24-,27-,28-,31?;;;;/m1..../s1. The van der Waals surface area contributed by atoms with Crippen LogP contribution < -0.4 is 10.1 Å². The van der Waals surface area contributed by atoms with Crippen molar-refractivity contribution >= 4 is 28.7 Å². The fourth-order valence-corrected chi connectivity index (χ4v) is 6.52. The topological polar surface area (TPSA) is 92.6 Å². The summed E-state index contributed by atoms with van der Waals surface area (Å²) in [5.74, 6) is 1.72. The molecule has 51 heavy (non-hydrogen) atoms. The fourth-order valence-electron chi connectivity index (χ4n) is 5.53. The molecule has 0 amide bonds. The summed E-state index contributed by atoms with van der Waals surface area (Å²) in [6.45, 7) is 21.0. The zero-order chi connectivity index (χ0) is 37.8. The third-order valence-electron chi connectivity index (χ3n) is 7.78. The Morgan fingerprint density at radius 1 is 0.941 bits per heavy atom. The summed E-state index contributed by atoms with van der Waals surface area (Å²) in [4.78, 5) is 14.3. The summed E-state index contributed by atoms with van der Waals surface area (Å²) in [5, 5.41) is 3.50. The van der Waals surface area contributed by atoms with E-state index in [0.717, 1.165) is 30.6 Å². The highest BCUT2D eigenvalue weighted by atomic mass is 32.2. The summed E-state index contributed by atoms with van der Waals surface area (Å²) in [6.07, 6.45) is 5.87. The van der Waals surface area contributed by atoms with Crippen LogP contribution in [-0.2, 0) is 14.2 Å². The molecule has 2 saturated heterocycles. The third kappa shape index (κ3) is 11.9. The first kappa shape index (κ1) is 43.9. The van der Waals surface area contributed by atoms with E-state index in [2.05, 4.69) is 43.0 Å². The Labute approximate surface area is 310 Å². The van der Waals surface area contributed by atoms with Crippen molar-refractivity contribution in [1.82, 2.24) is 19.5 Å². The molecule has 2 aromatic carbocycles. The Hall–Kier alpha value is -3.25. The van der Waals surface area contributed by atoms with E-state index < -0.39 is 12.3 Å². The summed E-state index contributed by atoms with van der Waals surface area (Å²) < 4.78 is 41.4. The molecule has 2 aliphatic rings. The van der Waals surface area contributed by atoms with Gasteiger partial charge in [0.2, 0.25) is 0 Å². The van der Waals surface area contributed by atoms with Gasteiger partial charge in [-0.1, -0.05) is 106 Å². The maximum atomic E-state index is 14.4. The number of rotatable bonds is 11. The number of ether oxygens (including phenoxy) is 4. The molecule has 6 rings (SSSR count). The molecule has 2 aliphatic heterocycles. The number of nitrogens with one attached hydrogen (secondary N) is 1. The van der Waals surface area contributed by atoms with E-state index in [1.807, 2.05) is 76.4 Å². The van der Waals surface area contributed by atoms with Crippen molar-refractivity contribution < 1.29 is 23.3 Å². The lowest BCUT2D eigenvalue weighted by atomic mass is 10.0. The first-order valence-corrected chi connectivity index (χ1v) is 19.8. The van der Waals surface area contributed by atoms with E-state index in [-0.39, 0.29) is 30.2 Å². The number of anilines is 1. The Kier molecular flexibility index (Phi) is 20.7. The number of hydrogen-bond acceptors (Lipinski definition) is 9. The zero-order valence-electron chi connectivity index (χ0n) is 32.7. The molecule has 4 heterocycles. The monoisotopic (exact) mass is 727 g/mol. The van der Waals surface area contributed by atoms with Gasteiger partial charge in [0.25, 0.3) is 0 Å². The molecular formula is C40H62FN5O4S. The lowest BCUT2D eigenvalue weighted by molar-refractivity contribution is -0.182. The van der Waals surface area contributed by atoms with E-state index in [0.29, 0.717) is 34.2 Å². The zero-order valence-corrected chi connectivity index (χ0v) is 33.5. The quantitative estimate of drug-likeness (QED) is 0.152. The van der Waals surface area contributed by atoms with Crippen LogP contribution in [0.3, 0.4) is 0 Å². The van der Waals surface area contributed by atoms with Gasteiger partial charge in [-0.05, 0) is 43.2 Å². The van der Waals surface area contributed by atoms with Crippen molar-refractivity contribution in [3.63, 3.8) is 0 Å². The number of benzene rings is 2. The molecule has 9 nitrogen and oxygen atoms in total. The second-order valence-electron chi connectivity index (χ2n) is 11.4. The highest BCUT2D eigenvalue weighted by molar-refractivity contribution is 7.99. The molecule has 0 bridgehead atoms. The number of thioether (sulfide) groups is 1. The molecule has 0 spiro atoms. The van der Waals surface area contributed by atoms with Gasteiger partial charge in [-0.3, -0.25) is 4.57 Å². The van der Waals surface area contributed by atoms with Crippen LogP contribution in [0.15, 0.2) is 66.1 Å². The van der Waals surface area contributed by atoms with Gasteiger partial charge in [-0.25, -0.2) is 19.3 Å². The van der Waals surface area contributed by atoms with Crippen LogP contribution in [-0.4, -0.2) is 63.3 Å². The molecule has 4 aromatic rings. The predicted molar refractivity (Wildman–Crippen MR) is 209 cm³/mol. The van der Waals surface area contributed by atoms with Gasteiger partial charge < -0.3 is 24.3 Å². The van der Waals surface area contributed by atoms with Crippen LogP contribution >= 0.6 is 11.8 Å². The highest BCUT2D eigenvalue weighted by Gasteiger charge is 2.51. The predicted octanol–water partition coefficient (Wildman–Crippen LogP) is 10.7. The van der Waals surface area contributed by atoms with Gasteiger partial charge in [0.1, 0.15) is 36.2 Å². The number of imidazole rings is 1. The molecule has 3 unspecified atom stereocenters. The molecule has 11 heteroatoms. The van der Waals surface area contributed by atoms with E-state index in [1.54, 1.807) is 31.9 Å². The van der Waals surface area contributed by atoms with Crippen molar-refractivity contribution in [2.45, 2.75) is 137 Å². The second kappa shape index (κ2) is 24.1. The summed E-state index contributed by atoms with van der Waals surface area (Å²) in [7, 11) is 1.64. The minimum Gasteiger partial charge on any atom is -0.497 e. The van der Waals surface area contributed by atoms with Crippen molar-refractivity contribution in [2.24, 2.45) is 0 Å². The molecule has 0 saturated carbocycles. The van der Waals surface area contributed by atoms with Crippen LogP contribution in [0.25, 0.3) is 11.2 Å². The van der Waals surface area contributed by atoms with Crippen molar-refractivity contribution in [2.75, 3.05) is 24.8 Å². The first-order valence-electron chi connectivity index (χ1n) is 18.8. The summed E-state index contributed by atoms with van der Waals surface area (Å²) in [6, 6.07) is 14.8. The fraction of sp³-hybridized carbons (Fsp3) is 0.575. The van der Waals surface area contributed by atoms with Crippen LogP contribution in [0.5, 0.6) is 5.75 Å². The number of halogens is 1. The van der Waals surface area contributed by atoms with E-state index >= 15 is 0 Å². The maximum Gasteiger partial charge on any atom is 0.167 e. The largest absolute Gasteiger partial charge is 0.497 e. The van der Waals surface area contributed by atoms with E-state index in [4.69, 9.17) is 23.9 Å². The van der Waals surface area contributed by atoms with Crippen LogP contribution in [0.4, 0.5) is 10.2 Å². The third-order valence-corrected chi connectivity index (χ3v) is 8.92. The molecular weight excluding hydrogens is 666 g/mol. The van der Waals surface area contributed by atoms with Gasteiger partial charge in [0.05, 0.1) is 26.1 Å². The summed E-state index contributed by atoms with van der Waals surface area (Å²) in [5.41, 5.74) is 2.31. The van der Waals surface area contributed by atoms with E-state index in [1.165, 1.54) is 24.2 Å². The minimum absolute atomic E-state index is 0.250. The van der Waals surface area contributed by atoms with E-state index in [9.17, 15) is 4.39 Å².